The molecule has 3 unspecified atom stereocenters. The van der Waals surface area contributed by atoms with Crippen LogP contribution in [0.15, 0.2) is 36.5 Å². The molecule has 0 radical (unpaired) electrons. The number of carbonyl (C=O) groups is 1. The van der Waals surface area contributed by atoms with Crippen molar-refractivity contribution in [2.75, 3.05) is 6.61 Å². The van der Waals surface area contributed by atoms with E-state index in [0.29, 0.717) is 6.42 Å². The van der Waals surface area contributed by atoms with Crippen molar-refractivity contribution in [2.45, 2.75) is 327 Å². The zero-order valence-electron chi connectivity index (χ0n) is 43.2. The zero-order valence-corrected chi connectivity index (χ0v) is 43.2. The Morgan fingerprint density at radius 1 is 0.375 bits per heavy atom. The van der Waals surface area contributed by atoms with E-state index in [0.717, 1.165) is 38.5 Å². The Bertz CT molecular complexity index is 993. The summed E-state index contributed by atoms with van der Waals surface area (Å²) in [7, 11) is 0. The molecule has 5 heteroatoms. The van der Waals surface area contributed by atoms with Crippen molar-refractivity contribution in [1.29, 1.82) is 0 Å². The van der Waals surface area contributed by atoms with Gasteiger partial charge in [0.15, 0.2) is 0 Å². The summed E-state index contributed by atoms with van der Waals surface area (Å²) in [6.07, 6.45) is 70.9. The van der Waals surface area contributed by atoms with Crippen molar-refractivity contribution in [3.63, 3.8) is 0 Å². The highest BCUT2D eigenvalue weighted by molar-refractivity contribution is 5.80. The van der Waals surface area contributed by atoms with E-state index < -0.39 is 24.2 Å². The number of rotatable bonds is 53. The molecule has 0 aliphatic rings. The van der Waals surface area contributed by atoms with Gasteiger partial charge in [0.1, 0.15) is 6.10 Å². The molecule has 4 N–H and O–H groups in total. The maximum atomic E-state index is 12.6. The van der Waals surface area contributed by atoms with Gasteiger partial charge in [-0.2, -0.15) is 0 Å². The van der Waals surface area contributed by atoms with Gasteiger partial charge in [-0.25, -0.2) is 0 Å². The third-order valence-corrected chi connectivity index (χ3v) is 13.5. The number of aliphatic hydroxyl groups is 3. The lowest BCUT2D eigenvalue weighted by atomic mass is 10.0. The molecule has 0 rings (SSSR count). The van der Waals surface area contributed by atoms with E-state index in [4.69, 9.17) is 0 Å². The summed E-state index contributed by atoms with van der Waals surface area (Å²) in [4.78, 5) is 12.6. The van der Waals surface area contributed by atoms with Gasteiger partial charge in [0.25, 0.3) is 0 Å². The molecule has 1 amide bonds. The van der Waals surface area contributed by atoms with Crippen LogP contribution in [0, 0.1) is 0 Å². The zero-order chi connectivity index (χ0) is 46.5. The maximum Gasteiger partial charge on any atom is 0.249 e. The smallest absolute Gasteiger partial charge is 0.249 e. The molecule has 0 fully saturated rings. The van der Waals surface area contributed by atoms with E-state index in [1.807, 2.05) is 6.08 Å². The highest BCUT2D eigenvalue weighted by Gasteiger charge is 2.22. The van der Waals surface area contributed by atoms with Crippen LogP contribution in [-0.2, 0) is 4.79 Å². The van der Waals surface area contributed by atoms with Gasteiger partial charge in [0.2, 0.25) is 5.91 Å². The Kier molecular flexibility index (Phi) is 53.0. The second-order valence-corrected chi connectivity index (χ2v) is 19.8. The summed E-state index contributed by atoms with van der Waals surface area (Å²) >= 11 is 0. The molecule has 0 aliphatic heterocycles. The summed E-state index contributed by atoms with van der Waals surface area (Å²) in [5, 5.41) is 33.4. The lowest BCUT2D eigenvalue weighted by Gasteiger charge is -2.21. The van der Waals surface area contributed by atoms with E-state index >= 15 is 0 Å². The number of nitrogens with one attached hydrogen (secondary N) is 1. The lowest BCUT2D eigenvalue weighted by molar-refractivity contribution is -0.131. The first-order valence-electron chi connectivity index (χ1n) is 28.8. The average Bonchev–Trinajstić information content (AvgIpc) is 3.30. The minimum absolute atomic E-state index is 0.375. The standard InChI is InChI=1S/C59H113NO4/c1-3-5-7-9-11-13-15-17-19-21-23-25-27-28-29-30-31-32-34-36-38-40-42-44-46-48-50-52-54-58(63)59(64)60-56(55-61)57(62)53-51-49-47-45-43-41-39-37-35-33-26-24-22-20-18-16-14-12-10-8-6-4-2/h28-29,43,45,51,53,56-58,61-63H,3-27,30-42,44,46-50,52,54-55H2,1-2H3,(H,60,64)/b29-28-,45-43+,53-51+. The fourth-order valence-electron chi connectivity index (χ4n) is 8.96. The Balaban J connectivity index is 3.59. The molecule has 0 heterocycles. The molecule has 378 valence electrons. The van der Waals surface area contributed by atoms with Crippen LogP contribution in [0.4, 0.5) is 0 Å². The first kappa shape index (κ1) is 62.6. The molecule has 0 aromatic rings. The molecule has 0 bridgehead atoms. The van der Waals surface area contributed by atoms with Gasteiger partial charge in [-0.1, -0.05) is 288 Å². The largest absolute Gasteiger partial charge is 0.394 e. The first-order chi connectivity index (χ1) is 31.6. The van der Waals surface area contributed by atoms with Crippen molar-refractivity contribution >= 4 is 5.91 Å². The number of allylic oxidation sites excluding steroid dienone is 5. The fraction of sp³-hybridized carbons (Fsp3) is 0.881. The monoisotopic (exact) mass is 900 g/mol. The highest BCUT2D eigenvalue weighted by Crippen LogP contribution is 2.17. The van der Waals surface area contributed by atoms with Crippen molar-refractivity contribution in [3.8, 4) is 0 Å². The van der Waals surface area contributed by atoms with Crippen molar-refractivity contribution in [3.05, 3.63) is 36.5 Å². The molecular formula is C59H113NO4. The molecule has 0 saturated carbocycles. The fourth-order valence-corrected chi connectivity index (χ4v) is 8.96. The van der Waals surface area contributed by atoms with Crippen LogP contribution < -0.4 is 5.32 Å². The van der Waals surface area contributed by atoms with E-state index in [9.17, 15) is 20.1 Å². The molecule has 0 aromatic heterocycles. The molecule has 5 nitrogen and oxygen atoms in total. The third-order valence-electron chi connectivity index (χ3n) is 13.5. The van der Waals surface area contributed by atoms with Crippen LogP contribution in [0.5, 0.6) is 0 Å². The van der Waals surface area contributed by atoms with Crippen LogP contribution in [0.2, 0.25) is 0 Å². The number of unbranched alkanes of at least 4 members (excludes halogenated alkanes) is 41. The minimum atomic E-state index is -1.11. The SMILES string of the molecule is CCCCCCCCCCCCCC/C=C\CCCCCCCCCCCCCCC(O)C(=O)NC(CO)C(O)/C=C/CC/C=C/CCCCCCCCCCCCCCCCCC. The quantitative estimate of drug-likeness (QED) is 0.0362. The van der Waals surface area contributed by atoms with Crippen LogP contribution in [0.3, 0.4) is 0 Å². The Labute approximate surface area is 400 Å². The predicted molar refractivity (Wildman–Crippen MR) is 282 cm³/mol. The Hall–Kier alpha value is -1.43. The van der Waals surface area contributed by atoms with E-state index in [1.54, 1.807) is 6.08 Å². The highest BCUT2D eigenvalue weighted by atomic mass is 16.3. The summed E-state index contributed by atoms with van der Waals surface area (Å²) in [5.74, 6) is -0.509. The van der Waals surface area contributed by atoms with Gasteiger partial charge in [0, 0.05) is 0 Å². The Morgan fingerprint density at radius 2 is 0.641 bits per heavy atom. The molecule has 3 atom stereocenters. The molecule has 0 spiro atoms. The predicted octanol–water partition coefficient (Wildman–Crippen LogP) is 17.8. The molecule has 0 aliphatic carbocycles. The average molecular weight is 901 g/mol. The minimum Gasteiger partial charge on any atom is -0.394 e. The molecule has 64 heavy (non-hydrogen) atoms. The van der Waals surface area contributed by atoms with Crippen LogP contribution in [-0.4, -0.2) is 46.1 Å². The molecule has 0 aromatic carbocycles. The first-order valence-corrected chi connectivity index (χ1v) is 28.8. The Morgan fingerprint density at radius 3 is 0.953 bits per heavy atom. The van der Waals surface area contributed by atoms with Crippen LogP contribution >= 0.6 is 0 Å². The van der Waals surface area contributed by atoms with Crippen molar-refractivity contribution in [1.82, 2.24) is 5.32 Å². The summed E-state index contributed by atoms with van der Waals surface area (Å²) in [6.45, 7) is 4.21. The second kappa shape index (κ2) is 54.2. The van der Waals surface area contributed by atoms with Crippen LogP contribution in [0.25, 0.3) is 0 Å². The topological polar surface area (TPSA) is 89.8 Å². The van der Waals surface area contributed by atoms with E-state index in [-0.39, 0.29) is 6.61 Å². The van der Waals surface area contributed by atoms with Gasteiger partial charge in [0.05, 0.1) is 18.8 Å². The van der Waals surface area contributed by atoms with E-state index in [2.05, 4.69) is 43.5 Å². The number of hydrogen-bond acceptors (Lipinski definition) is 4. The van der Waals surface area contributed by atoms with E-state index in [1.165, 1.54) is 250 Å². The van der Waals surface area contributed by atoms with Crippen molar-refractivity contribution in [2.24, 2.45) is 0 Å². The number of hydrogen-bond donors (Lipinski definition) is 4. The van der Waals surface area contributed by atoms with Gasteiger partial charge in [-0.15, -0.1) is 0 Å². The second-order valence-electron chi connectivity index (χ2n) is 19.8. The van der Waals surface area contributed by atoms with Crippen molar-refractivity contribution < 1.29 is 20.1 Å². The number of aliphatic hydroxyl groups excluding tert-OH is 3. The molecular weight excluding hydrogens is 787 g/mol. The summed E-state index contributed by atoms with van der Waals surface area (Å²) in [5.41, 5.74) is 0. The lowest BCUT2D eigenvalue weighted by Crippen LogP contribution is -2.48. The normalized spacial score (nSPS) is 13.5. The van der Waals surface area contributed by atoms with Crippen LogP contribution in [0.1, 0.15) is 309 Å². The van der Waals surface area contributed by atoms with Gasteiger partial charge in [-0.3, -0.25) is 4.79 Å². The molecule has 0 saturated heterocycles. The third kappa shape index (κ3) is 48.5. The van der Waals surface area contributed by atoms with Gasteiger partial charge in [-0.05, 0) is 57.8 Å². The summed E-state index contributed by atoms with van der Waals surface area (Å²) < 4.78 is 0. The maximum absolute atomic E-state index is 12.6. The number of carbonyl (C=O) groups excluding carboxylic acids is 1. The van der Waals surface area contributed by atoms with Gasteiger partial charge < -0.3 is 20.6 Å². The summed E-state index contributed by atoms with van der Waals surface area (Å²) in [6, 6.07) is -0.815. The number of amides is 1. The van der Waals surface area contributed by atoms with Gasteiger partial charge >= 0.3 is 0 Å².